The first-order valence-corrected chi connectivity index (χ1v) is 8.33. The second-order valence-electron chi connectivity index (χ2n) is 4.83. The van der Waals surface area contributed by atoms with E-state index in [1.54, 1.807) is 51.1 Å². The Balaban J connectivity index is 0.000000360. The molecule has 1 aromatic carbocycles. The van der Waals surface area contributed by atoms with Crippen LogP contribution in [0.1, 0.15) is 20.8 Å². The van der Waals surface area contributed by atoms with Gasteiger partial charge in [-0.1, -0.05) is 0 Å². The molecule has 1 rings (SSSR count). The van der Waals surface area contributed by atoms with Gasteiger partial charge in [-0.25, -0.2) is 0 Å². The van der Waals surface area contributed by atoms with Crippen molar-refractivity contribution in [1.29, 1.82) is 0 Å². The monoisotopic (exact) mass is 312 g/mol. The van der Waals surface area contributed by atoms with Gasteiger partial charge in [0.25, 0.3) is 0 Å². The maximum absolute atomic E-state index is 11.8. The molecule has 6 heteroatoms. The number of alkyl halides is 3. The van der Waals surface area contributed by atoms with Crippen LogP contribution in [0, 0.1) is 5.41 Å². The molecule has 0 saturated carbocycles. The fourth-order valence-electron chi connectivity index (χ4n) is 0.827. The molecule has 0 aliphatic rings. The van der Waals surface area contributed by atoms with Crippen LogP contribution in [-0.2, 0) is 21.9 Å². The number of halogens is 3. The number of aliphatic carboxylic acids is 1. The Morgan fingerprint density at radius 1 is 1.11 bits per heavy atom. The molecule has 0 bridgehead atoms. The molecule has 0 unspecified atom stereocenters. The summed E-state index contributed by atoms with van der Waals surface area (Å²) in [6, 6.07) is 8.11. The standard InChI is InChI=1S/C6H5.C5H10O2.CF3.Zn/c1-2-4-6-5-3-1;1-5(2,3)4(6)7;2-1(3)4;/h1-5H;1-3H3,(H,6,7);;. The van der Waals surface area contributed by atoms with Gasteiger partial charge < -0.3 is 5.11 Å². The number of benzene rings is 1. The van der Waals surface area contributed by atoms with Crippen molar-refractivity contribution in [2.45, 2.75) is 25.5 Å². The van der Waals surface area contributed by atoms with Crippen LogP contribution < -0.4 is 4.16 Å². The Bertz CT molecular complexity index is 369. The van der Waals surface area contributed by atoms with E-state index >= 15 is 0 Å². The minimum absolute atomic E-state index is 0.493. The van der Waals surface area contributed by atoms with Crippen LogP contribution in [0.3, 0.4) is 0 Å². The van der Waals surface area contributed by atoms with Crippen LogP contribution in [0.15, 0.2) is 30.3 Å². The number of hydrogen-bond donors (Lipinski definition) is 1. The average Bonchev–Trinajstić information content (AvgIpc) is 2.15. The van der Waals surface area contributed by atoms with Crippen molar-refractivity contribution in [3.8, 4) is 0 Å². The fourth-order valence-corrected chi connectivity index (χ4v) is 2.86. The summed E-state index contributed by atoms with van der Waals surface area (Å²) >= 11 is -2.50. The van der Waals surface area contributed by atoms with Crippen molar-refractivity contribution in [3.05, 3.63) is 30.3 Å². The van der Waals surface area contributed by atoms with Crippen LogP contribution in [0.2, 0.25) is 0 Å². The summed E-state index contributed by atoms with van der Waals surface area (Å²) in [7, 11) is 0. The van der Waals surface area contributed by atoms with Crippen LogP contribution in [-0.4, -0.2) is 15.8 Å². The number of carbonyl (C=O) groups is 1. The molecule has 2 nitrogen and oxygen atoms in total. The Labute approximate surface area is 112 Å². The molecule has 0 heterocycles. The molecule has 0 spiro atoms. The van der Waals surface area contributed by atoms with Gasteiger partial charge in [0.05, 0.1) is 5.41 Å². The van der Waals surface area contributed by atoms with Crippen molar-refractivity contribution in [2.24, 2.45) is 5.41 Å². The Hall–Kier alpha value is -0.897. The molecule has 0 saturated heterocycles. The van der Waals surface area contributed by atoms with Crippen molar-refractivity contribution < 1.29 is 40.2 Å². The molecular weight excluding hydrogens is 299 g/mol. The summed E-state index contributed by atoms with van der Waals surface area (Å²) in [4.78, 5) is 10.0. The van der Waals surface area contributed by atoms with Gasteiger partial charge in [0, 0.05) is 0 Å². The van der Waals surface area contributed by atoms with Gasteiger partial charge in [-0.15, -0.1) is 0 Å². The third-order valence-electron chi connectivity index (χ3n) is 1.89. The van der Waals surface area contributed by atoms with E-state index in [4.69, 9.17) is 5.11 Å². The summed E-state index contributed by atoms with van der Waals surface area (Å²) < 4.78 is 32.1. The van der Waals surface area contributed by atoms with Gasteiger partial charge in [0.2, 0.25) is 0 Å². The molecule has 1 aromatic rings. The molecule has 0 aromatic heterocycles. The van der Waals surface area contributed by atoms with Gasteiger partial charge in [0.1, 0.15) is 0 Å². The molecule has 18 heavy (non-hydrogen) atoms. The van der Waals surface area contributed by atoms with E-state index in [9.17, 15) is 18.0 Å². The zero-order chi connectivity index (χ0) is 14.4. The number of rotatable bonds is 1. The summed E-state index contributed by atoms with van der Waals surface area (Å²) in [6.45, 7) is 4.99. The Kier molecular flexibility index (Phi) is 6.54. The first-order chi connectivity index (χ1) is 8.02. The second kappa shape index (κ2) is 6.88. The summed E-state index contributed by atoms with van der Waals surface area (Å²) in [5, 5.41) is 8.25. The summed E-state index contributed by atoms with van der Waals surface area (Å²) in [5.74, 6) is -0.757. The van der Waals surface area contributed by atoms with Gasteiger partial charge in [0.15, 0.2) is 0 Å². The number of carboxylic acid groups (broad SMARTS) is 1. The van der Waals surface area contributed by atoms with E-state index in [1.807, 2.05) is 0 Å². The van der Waals surface area contributed by atoms with Crippen molar-refractivity contribution in [1.82, 2.24) is 0 Å². The van der Waals surface area contributed by atoms with E-state index in [2.05, 4.69) is 0 Å². The van der Waals surface area contributed by atoms with Gasteiger partial charge in [-0.05, 0) is 20.8 Å². The SMILES string of the molecule is CC(C)(C)C(=O)O.F[C](F)(F)[Zn][c]1ccccc1. The van der Waals surface area contributed by atoms with Crippen molar-refractivity contribution >= 4 is 10.1 Å². The maximum atomic E-state index is 11.8. The molecule has 0 aliphatic heterocycles. The predicted molar refractivity (Wildman–Crippen MR) is 59.2 cm³/mol. The molecule has 0 amide bonds. The van der Waals surface area contributed by atoms with Gasteiger partial charge >= 0.3 is 75.5 Å². The van der Waals surface area contributed by atoms with E-state index in [1.165, 1.54) is 0 Å². The van der Waals surface area contributed by atoms with E-state index < -0.39 is 33.3 Å². The average molecular weight is 314 g/mol. The molecule has 98 valence electrons. The topological polar surface area (TPSA) is 37.3 Å². The molecule has 0 aliphatic carbocycles. The predicted octanol–water partition coefficient (Wildman–Crippen LogP) is 3.03. The normalized spacial score (nSPS) is 11.0. The molecule has 0 atom stereocenters. The fraction of sp³-hybridized carbons (Fsp3) is 0.417. The van der Waals surface area contributed by atoms with Crippen LogP contribution >= 0.6 is 0 Å². The molecule has 0 fully saturated rings. The molecular formula is C12H15F3O2Zn. The zero-order valence-corrected chi connectivity index (χ0v) is 13.6. The summed E-state index contributed by atoms with van der Waals surface area (Å²) in [5.41, 5.74) is -0.583. The number of carboxylic acids is 1. The second-order valence-corrected chi connectivity index (χ2v) is 8.97. The van der Waals surface area contributed by atoms with E-state index in [0.29, 0.717) is 4.16 Å². The zero-order valence-electron chi connectivity index (χ0n) is 10.6. The minimum atomic E-state index is -3.91. The third-order valence-corrected chi connectivity index (χ3v) is 4.58. The molecule has 1 N–H and O–H groups in total. The first kappa shape index (κ1) is 17.1. The van der Waals surface area contributed by atoms with Crippen LogP contribution in [0.5, 0.6) is 0 Å². The summed E-state index contributed by atoms with van der Waals surface area (Å²) in [6.07, 6.45) is 0. The van der Waals surface area contributed by atoms with E-state index in [-0.39, 0.29) is 0 Å². The Morgan fingerprint density at radius 3 is 1.78 bits per heavy atom. The first-order valence-electron chi connectivity index (χ1n) is 5.36. The van der Waals surface area contributed by atoms with Crippen LogP contribution in [0.4, 0.5) is 13.2 Å². The van der Waals surface area contributed by atoms with Gasteiger partial charge in [-0.2, -0.15) is 0 Å². The quantitative estimate of drug-likeness (QED) is 0.809. The molecule has 0 radical (unpaired) electrons. The number of hydrogen-bond acceptors (Lipinski definition) is 1. The van der Waals surface area contributed by atoms with Crippen molar-refractivity contribution in [3.63, 3.8) is 0 Å². The van der Waals surface area contributed by atoms with Crippen molar-refractivity contribution in [2.75, 3.05) is 0 Å². The third kappa shape index (κ3) is 9.17. The van der Waals surface area contributed by atoms with Crippen LogP contribution in [0.25, 0.3) is 0 Å². The Morgan fingerprint density at radius 2 is 1.50 bits per heavy atom. The van der Waals surface area contributed by atoms with E-state index in [0.717, 1.165) is 0 Å². The van der Waals surface area contributed by atoms with Gasteiger partial charge in [-0.3, -0.25) is 4.79 Å².